The van der Waals surface area contributed by atoms with Gasteiger partial charge in [-0.3, -0.25) is 19.4 Å². The van der Waals surface area contributed by atoms with Crippen molar-refractivity contribution >= 4 is 23.3 Å². The second-order valence-electron chi connectivity index (χ2n) is 8.73. The highest BCUT2D eigenvalue weighted by molar-refractivity contribution is 5.97. The van der Waals surface area contributed by atoms with Gasteiger partial charge in [0.25, 0.3) is 5.91 Å². The molecule has 2 aromatic carbocycles. The Morgan fingerprint density at radius 1 is 1.00 bits per heavy atom. The number of hydrogen-bond donors (Lipinski definition) is 2. The monoisotopic (exact) mass is 495 g/mol. The lowest BCUT2D eigenvalue weighted by Crippen LogP contribution is -2.48. The van der Waals surface area contributed by atoms with Gasteiger partial charge in [0, 0.05) is 45.2 Å². The molecule has 0 bridgehead atoms. The van der Waals surface area contributed by atoms with E-state index in [0.717, 1.165) is 6.54 Å². The molecule has 2 N–H and O–H groups in total. The van der Waals surface area contributed by atoms with Crippen molar-refractivity contribution in [1.29, 1.82) is 0 Å². The molecule has 0 aliphatic carbocycles. The van der Waals surface area contributed by atoms with E-state index in [4.69, 9.17) is 4.74 Å². The van der Waals surface area contributed by atoms with Gasteiger partial charge in [0.2, 0.25) is 5.91 Å². The molecule has 0 fully saturated rings. The Bertz CT molecular complexity index is 1050. The largest absolute Gasteiger partial charge is 0.495 e. The minimum Gasteiger partial charge on any atom is -0.495 e. The number of hydrogen-bond acceptors (Lipinski definition) is 7. The number of hydrazine groups is 1. The van der Waals surface area contributed by atoms with Crippen LogP contribution in [0.2, 0.25) is 0 Å². The summed E-state index contributed by atoms with van der Waals surface area (Å²) in [6.07, 6.45) is 0.355. The van der Waals surface area contributed by atoms with Gasteiger partial charge in [-0.15, -0.1) is 0 Å². The molecule has 194 valence electrons. The highest BCUT2D eigenvalue weighted by Crippen LogP contribution is 2.30. The summed E-state index contributed by atoms with van der Waals surface area (Å²) in [6, 6.07) is 13.2. The number of anilines is 1. The molecule has 0 spiro atoms. The first-order chi connectivity index (χ1) is 17.4. The van der Waals surface area contributed by atoms with Crippen LogP contribution >= 0.6 is 0 Å². The summed E-state index contributed by atoms with van der Waals surface area (Å²) >= 11 is 0. The van der Waals surface area contributed by atoms with Crippen molar-refractivity contribution in [2.24, 2.45) is 0 Å². The second-order valence-corrected chi connectivity index (χ2v) is 8.73. The van der Waals surface area contributed by atoms with Gasteiger partial charge >= 0.3 is 0 Å². The molecule has 1 heterocycles. The maximum absolute atomic E-state index is 13.4. The van der Waals surface area contributed by atoms with Crippen molar-refractivity contribution in [1.82, 2.24) is 20.7 Å². The van der Waals surface area contributed by atoms with Gasteiger partial charge in [0.05, 0.1) is 25.9 Å². The maximum atomic E-state index is 13.4. The standard InChI is InChI=1S/C27H37N5O4/c1-5-24(33)20-11-12-25(36-4)23(15-20)31(18-26(34)29-14-13-28-6-2)19-27(35)30(3)32-16-21-9-7-8-10-22(21)17-32/h7-12,15,28H,5-6,13-14,16-19H2,1-4H3,(H,29,34). The van der Waals surface area contributed by atoms with Gasteiger partial charge in [0.15, 0.2) is 5.78 Å². The number of ether oxygens (including phenoxy) is 1. The molecule has 3 rings (SSSR count). The first kappa shape index (κ1) is 27.2. The highest BCUT2D eigenvalue weighted by atomic mass is 16.5. The van der Waals surface area contributed by atoms with Gasteiger partial charge < -0.3 is 20.3 Å². The van der Waals surface area contributed by atoms with E-state index in [1.165, 1.54) is 18.2 Å². The van der Waals surface area contributed by atoms with Crippen molar-refractivity contribution in [3.05, 3.63) is 59.2 Å². The fraction of sp³-hybridized carbons (Fsp3) is 0.444. The Labute approximate surface area is 213 Å². The first-order valence-corrected chi connectivity index (χ1v) is 12.4. The van der Waals surface area contributed by atoms with Crippen LogP contribution in [0.4, 0.5) is 5.69 Å². The van der Waals surface area contributed by atoms with Crippen LogP contribution in [0.5, 0.6) is 5.75 Å². The van der Waals surface area contributed by atoms with Crippen LogP contribution < -0.4 is 20.3 Å². The van der Waals surface area contributed by atoms with Gasteiger partial charge in [-0.2, -0.15) is 0 Å². The number of Topliss-reactive ketones (excluding diaryl/α,β-unsaturated/α-hetero) is 1. The normalized spacial score (nSPS) is 12.7. The number of rotatable bonds is 13. The van der Waals surface area contributed by atoms with E-state index in [9.17, 15) is 14.4 Å². The number of carbonyl (C=O) groups excluding carboxylic acids is 3. The summed E-state index contributed by atoms with van der Waals surface area (Å²) in [4.78, 5) is 40.3. The number of carbonyl (C=O) groups is 3. The molecular weight excluding hydrogens is 458 g/mol. The molecule has 1 aliphatic rings. The van der Waals surface area contributed by atoms with Crippen LogP contribution in [0.3, 0.4) is 0 Å². The van der Waals surface area contributed by atoms with E-state index < -0.39 is 0 Å². The van der Waals surface area contributed by atoms with E-state index in [0.29, 0.717) is 49.6 Å². The third-order valence-electron chi connectivity index (χ3n) is 6.31. The summed E-state index contributed by atoms with van der Waals surface area (Å²) in [5.41, 5.74) is 3.44. The molecule has 2 amide bonds. The summed E-state index contributed by atoms with van der Waals surface area (Å²) in [7, 11) is 3.28. The van der Waals surface area contributed by atoms with Crippen molar-refractivity contribution < 1.29 is 19.1 Å². The summed E-state index contributed by atoms with van der Waals surface area (Å²) in [5, 5.41) is 9.65. The lowest BCUT2D eigenvalue weighted by Gasteiger charge is -2.32. The molecule has 36 heavy (non-hydrogen) atoms. The van der Waals surface area contributed by atoms with Crippen LogP contribution in [0.1, 0.15) is 41.8 Å². The second kappa shape index (κ2) is 13.0. The van der Waals surface area contributed by atoms with Crippen LogP contribution in [-0.2, 0) is 22.7 Å². The molecule has 0 aromatic heterocycles. The molecule has 0 unspecified atom stereocenters. The number of nitrogens with one attached hydrogen (secondary N) is 2. The minimum absolute atomic E-state index is 0.0211. The molecule has 1 aliphatic heterocycles. The number of nitrogens with zero attached hydrogens (tertiary/aromatic N) is 3. The summed E-state index contributed by atoms with van der Waals surface area (Å²) < 4.78 is 5.54. The number of amides is 2. The van der Waals surface area contributed by atoms with Crippen molar-refractivity contribution in [2.75, 3.05) is 51.8 Å². The lowest BCUT2D eigenvalue weighted by atomic mass is 10.1. The molecule has 9 heteroatoms. The van der Waals surface area contributed by atoms with Gasteiger partial charge in [-0.1, -0.05) is 38.1 Å². The Morgan fingerprint density at radius 2 is 1.69 bits per heavy atom. The predicted octanol–water partition coefficient (Wildman–Crippen LogP) is 2.21. The fourth-order valence-electron chi connectivity index (χ4n) is 4.19. The van der Waals surface area contributed by atoms with Crippen molar-refractivity contribution in [2.45, 2.75) is 33.4 Å². The zero-order chi connectivity index (χ0) is 26.1. The number of methoxy groups -OCH3 is 1. The molecule has 2 aromatic rings. The van der Waals surface area contributed by atoms with E-state index in [2.05, 4.69) is 22.8 Å². The van der Waals surface area contributed by atoms with Crippen LogP contribution in [0.15, 0.2) is 42.5 Å². The van der Waals surface area contributed by atoms with E-state index in [1.54, 1.807) is 42.1 Å². The van der Waals surface area contributed by atoms with Crippen molar-refractivity contribution in [3.8, 4) is 5.75 Å². The summed E-state index contributed by atoms with van der Waals surface area (Å²) in [5.74, 6) is 0.0862. The number of ketones is 1. The van der Waals surface area contributed by atoms with Crippen molar-refractivity contribution in [3.63, 3.8) is 0 Å². The smallest absolute Gasteiger partial charge is 0.256 e. The Balaban J connectivity index is 1.80. The molecule has 0 radical (unpaired) electrons. The third-order valence-corrected chi connectivity index (χ3v) is 6.31. The van der Waals surface area contributed by atoms with Gasteiger partial charge in [0.1, 0.15) is 5.75 Å². The average molecular weight is 496 g/mol. The number of fused-ring (bicyclic) bond motifs is 1. The Morgan fingerprint density at radius 3 is 2.31 bits per heavy atom. The Kier molecular flexibility index (Phi) is 9.84. The maximum Gasteiger partial charge on any atom is 0.256 e. The fourth-order valence-corrected chi connectivity index (χ4v) is 4.19. The van der Waals surface area contributed by atoms with Gasteiger partial charge in [-0.05, 0) is 35.9 Å². The van der Waals surface area contributed by atoms with E-state index in [-0.39, 0.29) is 30.7 Å². The summed E-state index contributed by atoms with van der Waals surface area (Å²) in [6.45, 7) is 6.94. The van der Waals surface area contributed by atoms with Gasteiger partial charge in [-0.25, -0.2) is 5.01 Å². The average Bonchev–Trinajstić information content (AvgIpc) is 3.33. The highest BCUT2D eigenvalue weighted by Gasteiger charge is 2.27. The molecule has 0 atom stereocenters. The third kappa shape index (κ3) is 6.83. The molecule has 9 nitrogen and oxygen atoms in total. The van der Waals surface area contributed by atoms with E-state index in [1.807, 2.05) is 24.1 Å². The molecular formula is C27H37N5O4. The van der Waals surface area contributed by atoms with E-state index >= 15 is 0 Å². The van der Waals surface area contributed by atoms with Crippen LogP contribution in [0.25, 0.3) is 0 Å². The predicted molar refractivity (Wildman–Crippen MR) is 140 cm³/mol. The lowest BCUT2D eigenvalue weighted by molar-refractivity contribution is -0.145. The zero-order valence-electron chi connectivity index (χ0n) is 21.7. The number of likely N-dealkylation sites (N-methyl/N-ethyl adjacent to an activating group) is 2. The minimum atomic E-state index is -0.216. The SMILES string of the molecule is CCNCCNC(=O)CN(CC(=O)N(C)N1Cc2ccccc2C1)c1cc(C(=O)CC)ccc1OC. The van der Waals surface area contributed by atoms with Crippen LogP contribution in [0, 0.1) is 0 Å². The number of benzene rings is 2. The molecule has 0 saturated heterocycles. The van der Waals surface area contributed by atoms with Crippen LogP contribution in [-0.4, -0.2) is 74.5 Å². The zero-order valence-corrected chi connectivity index (χ0v) is 21.7. The first-order valence-electron chi connectivity index (χ1n) is 12.4. The topological polar surface area (TPSA) is 94.2 Å². The quantitative estimate of drug-likeness (QED) is 0.325. The molecule has 0 saturated carbocycles. The Hall–Kier alpha value is -3.43.